The number of rotatable bonds is 8. The number of thiazole rings is 1. The van der Waals surface area contributed by atoms with Crippen molar-refractivity contribution in [2.45, 2.75) is 44.6 Å². The van der Waals surface area contributed by atoms with Gasteiger partial charge in [-0.2, -0.15) is 10.1 Å². The second kappa shape index (κ2) is 10.9. The van der Waals surface area contributed by atoms with Crippen LogP contribution < -0.4 is 10.6 Å². The summed E-state index contributed by atoms with van der Waals surface area (Å²) in [5, 5.41) is 42.6. The van der Waals surface area contributed by atoms with E-state index in [4.69, 9.17) is 15.0 Å². The number of benzene rings is 2. The summed E-state index contributed by atoms with van der Waals surface area (Å²) in [5.74, 6) is 0.536. The van der Waals surface area contributed by atoms with Gasteiger partial charge in [0.05, 0.1) is 45.3 Å². The van der Waals surface area contributed by atoms with Crippen molar-refractivity contribution in [1.82, 2.24) is 24.7 Å². The summed E-state index contributed by atoms with van der Waals surface area (Å²) in [6.45, 7) is 3.76. The van der Waals surface area contributed by atoms with Crippen LogP contribution in [0.25, 0.3) is 26.5 Å². The minimum Gasteiger partial charge on any atom is -0.396 e. The first kappa shape index (κ1) is 26.3. The smallest absolute Gasteiger partial charge is 0.225 e. The van der Waals surface area contributed by atoms with Crippen molar-refractivity contribution in [2.24, 2.45) is 5.92 Å². The average Bonchev–Trinajstić information content (AvgIpc) is 3.70. The molecule has 0 spiro atoms. The summed E-state index contributed by atoms with van der Waals surface area (Å²) in [5.41, 5.74) is 4.39. The lowest BCUT2D eigenvalue weighted by Crippen LogP contribution is -2.35. The molecule has 5 aromatic rings. The average molecular weight is 558 g/mol. The number of nitrogens with zero attached hydrogens (tertiary/aromatic N) is 5. The van der Waals surface area contributed by atoms with Crippen LogP contribution in [0.4, 0.5) is 11.8 Å². The topological polar surface area (TPSA) is 141 Å². The first-order chi connectivity index (χ1) is 19.4. The minimum absolute atomic E-state index is 0.0927. The van der Waals surface area contributed by atoms with Gasteiger partial charge in [-0.05, 0) is 56.2 Å². The molecule has 11 heteroatoms. The Morgan fingerprint density at radius 2 is 1.82 bits per heavy atom. The molecular formula is C29H31N7O3S. The number of hydrogen-bond donors (Lipinski definition) is 5. The lowest BCUT2D eigenvalue weighted by Gasteiger charge is -2.22. The van der Waals surface area contributed by atoms with Crippen molar-refractivity contribution >= 4 is 33.3 Å². The molecule has 0 bridgehead atoms. The standard InChI is InChI=1S/C29H31N7O3S/c1-16(18-8-10-20(11-9-18)36-13-5-12-30-36)31-29-32-17(2)24(28-34-21-6-3-4-7-23(21)40-28)27(35-29)33-22-14-19(15-37)25(38)26(22)39/h3-13,16,19,22,25-26,37-39H,14-15H2,1-2H3,(H2,31,32,33,35)/t16-,19-,22-,25-,26+/m1/s1. The van der Waals surface area contributed by atoms with E-state index in [9.17, 15) is 15.3 Å². The Morgan fingerprint density at radius 3 is 2.52 bits per heavy atom. The Kier molecular flexibility index (Phi) is 7.20. The van der Waals surface area contributed by atoms with E-state index in [1.54, 1.807) is 17.5 Å². The molecule has 40 heavy (non-hydrogen) atoms. The van der Waals surface area contributed by atoms with Crippen molar-refractivity contribution < 1.29 is 15.3 Å². The van der Waals surface area contributed by atoms with Crippen LogP contribution in [0.3, 0.4) is 0 Å². The predicted octanol–water partition coefficient (Wildman–Crippen LogP) is 3.94. The molecule has 0 aliphatic heterocycles. The van der Waals surface area contributed by atoms with Gasteiger partial charge in [-0.1, -0.05) is 24.3 Å². The van der Waals surface area contributed by atoms with Crippen LogP contribution in [0.15, 0.2) is 67.0 Å². The van der Waals surface area contributed by atoms with E-state index in [2.05, 4.69) is 15.7 Å². The van der Waals surface area contributed by atoms with Crippen molar-refractivity contribution in [3.05, 3.63) is 78.2 Å². The number of fused-ring (bicyclic) bond motifs is 1. The maximum Gasteiger partial charge on any atom is 0.225 e. The molecule has 1 saturated carbocycles. The molecule has 1 aliphatic rings. The van der Waals surface area contributed by atoms with E-state index in [0.717, 1.165) is 37.7 Å². The Hall–Kier alpha value is -3.90. The molecular weight excluding hydrogens is 526 g/mol. The number of anilines is 2. The maximum atomic E-state index is 10.7. The predicted molar refractivity (Wildman–Crippen MR) is 156 cm³/mol. The number of aliphatic hydroxyl groups excluding tert-OH is 3. The Balaban J connectivity index is 1.32. The fourth-order valence-corrected chi connectivity index (χ4v) is 6.28. The van der Waals surface area contributed by atoms with Gasteiger partial charge < -0.3 is 26.0 Å². The molecule has 0 saturated heterocycles. The molecule has 5 atom stereocenters. The van der Waals surface area contributed by atoms with Crippen LogP contribution >= 0.6 is 11.3 Å². The summed E-state index contributed by atoms with van der Waals surface area (Å²) >= 11 is 1.55. The first-order valence-electron chi connectivity index (χ1n) is 13.3. The van der Waals surface area contributed by atoms with E-state index in [1.807, 2.05) is 79.3 Å². The monoisotopic (exact) mass is 557 g/mol. The third-order valence-corrected chi connectivity index (χ3v) is 8.52. The van der Waals surface area contributed by atoms with Crippen LogP contribution in [-0.2, 0) is 0 Å². The summed E-state index contributed by atoms with van der Waals surface area (Å²) < 4.78 is 2.86. The van der Waals surface area contributed by atoms with Crippen LogP contribution in [-0.4, -0.2) is 64.9 Å². The molecule has 1 fully saturated rings. The molecule has 6 rings (SSSR count). The van der Waals surface area contributed by atoms with Gasteiger partial charge in [0, 0.05) is 24.9 Å². The summed E-state index contributed by atoms with van der Waals surface area (Å²) in [6, 6.07) is 17.3. The second-order valence-corrected chi connectivity index (χ2v) is 11.2. The van der Waals surface area contributed by atoms with Crippen LogP contribution in [0.2, 0.25) is 0 Å². The largest absolute Gasteiger partial charge is 0.396 e. The SMILES string of the molecule is Cc1nc(N[C@H](C)c2ccc(-n3cccn3)cc2)nc(N[C@@H]2C[C@H](CO)[C@@H](O)[C@H]2O)c1-c1nc2ccccc2s1. The summed E-state index contributed by atoms with van der Waals surface area (Å²) in [4.78, 5) is 14.5. The van der Waals surface area contributed by atoms with Gasteiger partial charge in [-0.25, -0.2) is 14.6 Å². The van der Waals surface area contributed by atoms with E-state index >= 15 is 0 Å². The number of para-hydroxylation sites is 1. The molecule has 3 heterocycles. The van der Waals surface area contributed by atoms with Gasteiger partial charge >= 0.3 is 0 Å². The zero-order chi connectivity index (χ0) is 27.8. The van der Waals surface area contributed by atoms with Gasteiger partial charge in [0.1, 0.15) is 16.9 Å². The minimum atomic E-state index is -1.04. The quantitative estimate of drug-likeness (QED) is 0.192. The van der Waals surface area contributed by atoms with Crippen molar-refractivity contribution in [1.29, 1.82) is 0 Å². The highest BCUT2D eigenvalue weighted by Gasteiger charge is 2.41. The highest BCUT2D eigenvalue weighted by Crippen LogP contribution is 2.38. The lowest BCUT2D eigenvalue weighted by molar-refractivity contribution is 0.00446. The zero-order valence-electron chi connectivity index (χ0n) is 22.1. The molecule has 10 nitrogen and oxygen atoms in total. The molecule has 0 radical (unpaired) electrons. The second-order valence-electron chi connectivity index (χ2n) is 10.2. The van der Waals surface area contributed by atoms with Gasteiger partial charge in [-0.3, -0.25) is 0 Å². The third kappa shape index (κ3) is 5.04. The number of aromatic nitrogens is 5. The molecule has 0 amide bonds. The van der Waals surface area contributed by atoms with Gasteiger partial charge in [0.25, 0.3) is 0 Å². The summed E-state index contributed by atoms with van der Waals surface area (Å²) in [7, 11) is 0. The van der Waals surface area contributed by atoms with E-state index in [1.165, 1.54) is 0 Å². The number of aliphatic hydroxyl groups is 3. The molecule has 3 aromatic heterocycles. The number of hydrogen-bond acceptors (Lipinski definition) is 10. The Morgan fingerprint density at radius 1 is 1.02 bits per heavy atom. The van der Waals surface area contributed by atoms with Crippen molar-refractivity contribution in [3.63, 3.8) is 0 Å². The zero-order valence-corrected chi connectivity index (χ0v) is 23.0. The summed E-state index contributed by atoms with van der Waals surface area (Å²) in [6.07, 6.45) is 2.00. The molecule has 206 valence electrons. The normalized spacial score (nSPS) is 21.5. The molecule has 2 aromatic carbocycles. The van der Waals surface area contributed by atoms with Crippen LogP contribution in [0.5, 0.6) is 0 Å². The van der Waals surface area contributed by atoms with E-state index < -0.39 is 24.2 Å². The molecule has 0 unspecified atom stereocenters. The van der Waals surface area contributed by atoms with Crippen LogP contribution in [0.1, 0.15) is 30.6 Å². The van der Waals surface area contributed by atoms with E-state index in [0.29, 0.717) is 18.2 Å². The Bertz CT molecular complexity index is 1570. The lowest BCUT2D eigenvalue weighted by atomic mass is 10.1. The fraction of sp³-hybridized carbons (Fsp3) is 0.310. The van der Waals surface area contributed by atoms with Gasteiger partial charge in [-0.15, -0.1) is 11.3 Å². The Labute approximate surface area is 235 Å². The molecule has 1 aliphatic carbocycles. The first-order valence-corrected chi connectivity index (χ1v) is 14.1. The fourth-order valence-electron chi connectivity index (χ4n) is 5.22. The van der Waals surface area contributed by atoms with Gasteiger partial charge in [0.15, 0.2) is 0 Å². The van der Waals surface area contributed by atoms with Gasteiger partial charge in [0.2, 0.25) is 5.95 Å². The van der Waals surface area contributed by atoms with E-state index in [-0.39, 0.29) is 12.6 Å². The maximum absolute atomic E-state index is 10.7. The van der Waals surface area contributed by atoms with Crippen LogP contribution in [0, 0.1) is 12.8 Å². The van der Waals surface area contributed by atoms with Crippen molar-refractivity contribution in [3.8, 4) is 16.3 Å². The number of aryl methyl sites for hydroxylation is 1. The highest BCUT2D eigenvalue weighted by atomic mass is 32.1. The highest BCUT2D eigenvalue weighted by molar-refractivity contribution is 7.21. The molecule has 5 N–H and O–H groups in total. The van der Waals surface area contributed by atoms with Crippen molar-refractivity contribution in [2.75, 3.05) is 17.2 Å². The number of nitrogens with one attached hydrogen (secondary N) is 2. The third-order valence-electron chi connectivity index (χ3n) is 7.46.